The van der Waals surface area contributed by atoms with Crippen LogP contribution in [0.5, 0.6) is 0 Å². The Morgan fingerprint density at radius 1 is 0.929 bits per heavy atom. The minimum atomic E-state index is -3.58. The maximum atomic E-state index is 12.6. The third kappa shape index (κ3) is 4.13. The first-order valence-electron chi connectivity index (χ1n) is 9.97. The molecule has 5 nitrogen and oxygen atoms in total. The van der Waals surface area contributed by atoms with Crippen LogP contribution in [0.2, 0.25) is 0 Å². The van der Waals surface area contributed by atoms with Gasteiger partial charge in [0.2, 0.25) is 15.9 Å². The second-order valence-electron chi connectivity index (χ2n) is 7.80. The molecule has 1 heterocycles. The van der Waals surface area contributed by atoms with Gasteiger partial charge >= 0.3 is 0 Å². The molecular formula is C22H26N2O3S. The van der Waals surface area contributed by atoms with Crippen molar-refractivity contribution in [2.45, 2.75) is 43.0 Å². The van der Waals surface area contributed by atoms with Gasteiger partial charge in [-0.1, -0.05) is 55.3 Å². The lowest BCUT2D eigenvalue weighted by atomic mass is 10.1. The summed E-state index contributed by atoms with van der Waals surface area (Å²) in [6, 6.07) is 17.1. The Labute approximate surface area is 166 Å². The second kappa shape index (κ2) is 8.05. The van der Waals surface area contributed by atoms with E-state index in [9.17, 15) is 13.2 Å². The number of amides is 1. The summed E-state index contributed by atoms with van der Waals surface area (Å²) < 4.78 is 28.0. The number of rotatable bonds is 6. The van der Waals surface area contributed by atoms with Crippen LogP contribution >= 0.6 is 0 Å². The predicted molar refractivity (Wildman–Crippen MR) is 109 cm³/mol. The van der Waals surface area contributed by atoms with Crippen molar-refractivity contribution in [2.24, 2.45) is 5.92 Å². The van der Waals surface area contributed by atoms with Gasteiger partial charge in [-0.25, -0.2) is 13.1 Å². The fourth-order valence-electron chi connectivity index (χ4n) is 4.28. The van der Waals surface area contributed by atoms with E-state index >= 15 is 0 Å². The van der Waals surface area contributed by atoms with Crippen molar-refractivity contribution in [1.29, 1.82) is 0 Å². The van der Waals surface area contributed by atoms with Crippen molar-refractivity contribution in [3.05, 3.63) is 54.6 Å². The topological polar surface area (TPSA) is 66.5 Å². The molecule has 1 amide bonds. The molecule has 2 fully saturated rings. The third-order valence-electron chi connectivity index (χ3n) is 5.84. The fourth-order valence-corrected chi connectivity index (χ4v) is 5.40. The standard InChI is InChI=1S/C22H26N2O3S/c25-22-14-17(16-24(22)20-8-4-5-9-20)15-23-28(26,27)21-12-10-19(11-13-21)18-6-2-1-3-7-18/h1-3,6-7,10-13,17,20,23H,4-5,8-9,14-16H2. The molecular weight excluding hydrogens is 372 g/mol. The van der Waals surface area contributed by atoms with Crippen molar-refractivity contribution in [2.75, 3.05) is 13.1 Å². The highest BCUT2D eigenvalue weighted by Gasteiger charge is 2.35. The van der Waals surface area contributed by atoms with Gasteiger partial charge in [-0.2, -0.15) is 0 Å². The number of carbonyl (C=O) groups is 1. The third-order valence-corrected chi connectivity index (χ3v) is 7.28. The van der Waals surface area contributed by atoms with Gasteiger partial charge in [0.15, 0.2) is 0 Å². The van der Waals surface area contributed by atoms with Crippen molar-refractivity contribution in [3.63, 3.8) is 0 Å². The van der Waals surface area contributed by atoms with Crippen molar-refractivity contribution in [3.8, 4) is 11.1 Å². The summed E-state index contributed by atoms with van der Waals surface area (Å²) in [5.41, 5.74) is 2.03. The summed E-state index contributed by atoms with van der Waals surface area (Å²) in [5, 5.41) is 0. The summed E-state index contributed by atoms with van der Waals surface area (Å²) in [7, 11) is -3.58. The van der Waals surface area contributed by atoms with Crippen molar-refractivity contribution >= 4 is 15.9 Å². The molecule has 1 aliphatic heterocycles. The fraction of sp³-hybridized carbons (Fsp3) is 0.409. The van der Waals surface area contributed by atoms with Crippen molar-refractivity contribution in [1.82, 2.24) is 9.62 Å². The number of hydrogen-bond donors (Lipinski definition) is 1. The van der Waals surface area contributed by atoms with Gasteiger partial charge in [-0.3, -0.25) is 4.79 Å². The largest absolute Gasteiger partial charge is 0.339 e. The lowest BCUT2D eigenvalue weighted by Gasteiger charge is -2.24. The molecule has 4 rings (SSSR count). The van der Waals surface area contributed by atoms with E-state index < -0.39 is 10.0 Å². The van der Waals surface area contributed by atoms with Crippen LogP contribution in [0.1, 0.15) is 32.1 Å². The molecule has 2 aromatic carbocycles. The Hall–Kier alpha value is -2.18. The van der Waals surface area contributed by atoms with Crippen LogP contribution in [-0.4, -0.2) is 38.4 Å². The number of nitrogens with one attached hydrogen (secondary N) is 1. The minimum Gasteiger partial charge on any atom is -0.339 e. The molecule has 1 saturated carbocycles. The number of sulfonamides is 1. The van der Waals surface area contributed by atoms with E-state index in [-0.39, 0.29) is 16.7 Å². The normalized spacial score (nSPS) is 20.8. The van der Waals surface area contributed by atoms with Crippen molar-refractivity contribution < 1.29 is 13.2 Å². The van der Waals surface area contributed by atoms with E-state index in [1.54, 1.807) is 12.1 Å². The smallest absolute Gasteiger partial charge is 0.240 e. The molecule has 0 aromatic heterocycles. The van der Waals surface area contributed by atoms with Gasteiger partial charge in [-0.05, 0) is 42.0 Å². The molecule has 1 atom stereocenters. The number of hydrogen-bond acceptors (Lipinski definition) is 3. The van der Waals surface area contributed by atoms with E-state index in [2.05, 4.69) is 4.72 Å². The molecule has 148 valence electrons. The highest BCUT2D eigenvalue weighted by molar-refractivity contribution is 7.89. The number of likely N-dealkylation sites (tertiary alicyclic amines) is 1. The summed E-state index contributed by atoms with van der Waals surface area (Å²) in [4.78, 5) is 14.5. The molecule has 28 heavy (non-hydrogen) atoms. The highest BCUT2D eigenvalue weighted by Crippen LogP contribution is 2.29. The lowest BCUT2D eigenvalue weighted by Crippen LogP contribution is -2.36. The van der Waals surface area contributed by atoms with E-state index in [1.165, 1.54) is 12.8 Å². The maximum absolute atomic E-state index is 12.6. The Bertz CT molecular complexity index is 920. The molecule has 6 heteroatoms. The molecule has 1 saturated heterocycles. The van der Waals surface area contributed by atoms with Gasteiger partial charge in [0.1, 0.15) is 0 Å². The maximum Gasteiger partial charge on any atom is 0.240 e. The summed E-state index contributed by atoms with van der Waals surface area (Å²) in [6.45, 7) is 0.969. The van der Waals surface area contributed by atoms with Crippen LogP contribution in [0.3, 0.4) is 0 Å². The highest BCUT2D eigenvalue weighted by atomic mass is 32.2. The molecule has 1 N–H and O–H groups in total. The molecule has 0 spiro atoms. The Balaban J connectivity index is 1.37. The minimum absolute atomic E-state index is 0.0477. The molecule has 2 aliphatic rings. The monoisotopic (exact) mass is 398 g/mol. The predicted octanol–water partition coefficient (Wildman–Crippen LogP) is 3.42. The van der Waals surface area contributed by atoms with Gasteiger partial charge in [0.25, 0.3) is 0 Å². The van der Waals surface area contributed by atoms with Crippen LogP contribution in [0, 0.1) is 5.92 Å². The molecule has 1 unspecified atom stereocenters. The number of nitrogens with zero attached hydrogens (tertiary/aromatic N) is 1. The van der Waals surface area contributed by atoms with Gasteiger partial charge in [0.05, 0.1) is 4.90 Å². The summed E-state index contributed by atoms with van der Waals surface area (Å²) >= 11 is 0. The number of carbonyl (C=O) groups excluding carboxylic acids is 1. The summed E-state index contributed by atoms with van der Waals surface area (Å²) in [6.07, 6.45) is 4.97. The van der Waals surface area contributed by atoms with E-state index in [0.29, 0.717) is 25.6 Å². The van der Waals surface area contributed by atoms with Gasteiger partial charge in [-0.15, -0.1) is 0 Å². The average molecular weight is 399 g/mol. The zero-order chi connectivity index (χ0) is 19.6. The molecule has 2 aromatic rings. The Morgan fingerprint density at radius 3 is 2.25 bits per heavy atom. The zero-order valence-electron chi connectivity index (χ0n) is 15.9. The first-order valence-corrected chi connectivity index (χ1v) is 11.5. The molecule has 0 bridgehead atoms. The first-order chi connectivity index (χ1) is 13.5. The van der Waals surface area contributed by atoms with Crippen LogP contribution in [0.4, 0.5) is 0 Å². The lowest BCUT2D eigenvalue weighted by molar-refractivity contribution is -0.129. The Kier molecular flexibility index (Phi) is 5.51. The zero-order valence-corrected chi connectivity index (χ0v) is 16.7. The van der Waals surface area contributed by atoms with Gasteiger partial charge < -0.3 is 4.90 Å². The van der Waals surface area contributed by atoms with E-state index in [4.69, 9.17) is 0 Å². The molecule has 1 aliphatic carbocycles. The SMILES string of the molecule is O=C1CC(CNS(=O)(=O)c2ccc(-c3ccccc3)cc2)CN1C1CCCC1. The average Bonchev–Trinajstić information content (AvgIpc) is 3.37. The first kappa shape index (κ1) is 19.2. The van der Waals surface area contributed by atoms with Crippen LogP contribution in [0.25, 0.3) is 11.1 Å². The second-order valence-corrected chi connectivity index (χ2v) is 9.56. The van der Waals surface area contributed by atoms with Crippen LogP contribution < -0.4 is 4.72 Å². The van der Waals surface area contributed by atoms with E-state index in [0.717, 1.165) is 24.0 Å². The van der Waals surface area contributed by atoms with Gasteiger partial charge in [0, 0.05) is 25.6 Å². The quantitative estimate of drug-likeness (QED) is 0.811. The van der Waals surface area contributed by atoms with E-state index in [1.807, 2.05) is 47.4 Å². The Morgan fingerprint density at radius 2 is 1.57 bits per heavy atom. The molecule has 0 radical (unpaired) electrons. The number of benzene rings is 2. The summed E-state index contributed by atoms with van der Waals surface area (Å²) in [5.74, 6) is 0.217. The van der Waals surface area contributed by atoms with Crippen LogP contribution in [0.15, 0.2) is 59.5 Å². The van der Waals surface area contributed by atoms with Crippen LogP contribution in [-0.2, 0) is 14.8 Å².